The average Bonchev–Trinajstić information content (AvgIpc) is 2.01. The number of hydrogen-bond donors (Lipinski definition) is 0. The molecule has 0 spiro atoms. The number of cyclic esters (lactones) is 1. The molecule has 1 aliphatic rings. The van der Waals surface area contributed by atoms with Crippen LogP contribution >= 0.6 is 0 Å². The van der Waals surface area contributed by atoms with Crippen LogP contribution < -0.4 is 0 Å². The first-order valence-corrected chi connectivity index (χ1v) is 4.25. The van der Waals surface area contributed by atoms with Crippen LogP contribution in [0, 0.1) is 5.41 Å². The molecule has 1 atom stereocenters. The molecule has 1 aliphatic heterocycles. The van der Waals surface area contributed by atoms with Crippen molar-refractivity contribution in [3.05, 3.63) is 0 Å². The molecule has 4 heteroatoms. The van der Waals surface area contributed by atoms with Crippen LogP contribution in [0.3, 0.4) is 0 Å². The van der Waals surface area contributed by atoms with Gasteiger partial charge in [0.05, 0.1) is 13.5 Å². The van der Waals surface area contributed by atoms with E-state index in [4.69, 9.17) is 9.47 Å². The molecule has 0 aromatic rings. The Kier molecular flexibility index (Phi) is 2.59. The lowest BCUT2D eigenvalue weighted by Crippen LogP contribution is -2.36. The van der Waals surface area contributed by atoms with Crippen molar-refractivity contribution < 1.29 is 14.3 Å². The monoisotopic (exact) mass is 185 g/mol. The van der Waals surface area contributed by atoms with Crippen LogP contribution in [-0.4, -0.2) is 25.2 Å². The lowest BCUT2D eigenvalue weighted by Gasteiger charge is -2.31. The van der Waals surface area contributed by atoms with E-state index in [1.807, 2.05) is 20.8 Å². The van der Waals surface area contributed by atoms with Crippen LogP contribution in [0.25, 0.3) is 0 Å². The molecule has 13 heavy (non-hydrogen) atoms. The van der Waals surface area contributed by atoms with E-state index in [0.29, 0.717) is 12.3 Å². The number of carbonyl (C=O) groups is 1. The highest BCUT2D eigenvalue weighted by Crippen LogP contribution is 2.27. The zero-order valence-electron chi connectivity index (χ0n) is 8.46. The van der Waals surface area contributed by atoms with Crippen molar-refractivity contribution in [2.45, 2.75) is 33.3 Å². The molecule has 0 radical (unpaired) electrons. The van der Waals surface area contributed by atoms with Crippen LogP contribution in [0.5, 0.6) is 0 Å². The van der Waals surface area contributed by atoms with Gasteiger partial charge in [-0.1, -0.05) is 20.8 Å². The van der Waals surface area contributed by atoms with Crippen molar-refractivity contribution >= 4 is 12.0 Å². The van der Waals surface area contributed by atoms with Gasteiger partial charge in [0.25, 0.3) is 0 Å². The minimum Gasteiger partial charge on any atom is -0.484 e. The molecule has 0 saturated heterocycles. The molecule has 0 N–H and O–H groups in total. The molecule has 74 valence electrons. The molecular weight excluding hydrogens is 170 g/mol. The Morgan fingerprint density at radius 2 is 2.15 bits per heavy atom. The van der Waals surface area contributed by atoms with Crippen molar-refractivity contribution in [3.8, 4) is 0 Å². The van der Waals surface area contributed by atoms with Crippen LogP contribution in [0.1, 0.15) is 27.2 Å². The van der Waals surface area contributed by atoms with E-state index in [1.165, 1.54) is 7.11 Å². The summed E-state index contributed by atoms with van der Waals surface area (Å²) in [4.78, 5) is 14.6. The molecule has 1 unspecified atom stereocenters. The van der Waals surface area contributed by atoms with Crippen molar-refractivity contribution in [1.82, 2.24) is 0 Å². The summed E-state index contributed by atoms with van der Waals surface area (Å²) >= 11 is 0. The number of amides is 1. The van der Waals surface area contributed by atoms with Gasteiger partial charge in [-0.3, -0.25) is 0 Å². The third-order valence-corrected chi connectivity index (χ3v) is 2.02. The standard InChI is InChI=1S/C9H15NO3/c1-9(2,3)6-5-7(12-4)10-8(11)13-6/h6H,5H2,1-4H3. The SMILES string of the molecule is COC1=NC(=O)OC(C(C)(C)C)C1. The first-order valence-electron chi connectivity index (χ1n) is 4.25. The number of nitrogens with zero attached hydrogens (tertiary/aromatic N) is 1. The summed E-state index contributed by atoms with van der Waals surface area (Å²) in [6.07, 6.45) is -0.137. The number of methoxy groups -OCH3 is 1. The highest BCUT2D eigenvalue weighted by molar-refractivity contribution is 5.90. The fraction of sp³-hybridized carbons (Fsp3) is 0.778. The maximum atomic E-state index is 11.0. The summed E-state index contributed by atoms with van der Waals surface area (Å²) in [7, 11) is 1.51. The van der Waals surface area contributed by atoms with Gasteiger partial charge in [0, 0.05) is 0 Å². The van der Waals surface area contributed by atoms with Crippen LogP contribution in [0.4, 0.5) is 4.79 Å². The Labute approximate surface area is 77.9 Å². The molecule has 1 amide bonds. The number of ether oxygens (including phenoxy) is 2. The number of aliphatic imine (C=N–C) groups is 1. The molecule has 0 saturated carbocycles. The van der Waals surface area contributed by atoms with Crippen LogP contribution in [0.15, 0.2) is 4.99 Å². The van der Waals surface area contributed by atoms with E-state index in [9.17, 15) is 4.79 Å². The van der Waals surface area contributed by atoms with Gasteiger partial charge in [-0.25, -0.2) is 4.79 Å². The van der Waals surface area contributed by atoms with E-state index in [-0.39, 0.29) is 11.5 Å². The Morgan fingerprint density at radius 3 is 2.62 bits per heavy atom. The summed E-state index contributed by atoms with van der Waals surface area (Å²) in [6.45, 7) is 6.05. The molecule has 1 heterocycles. The van der Waals surface area contributed by atoms with E-state index in [1.54, 1.807) is 0 Å². The summed E-state index contributed by atoms with van der Waals surface area (Å²) in [6, 6.07) is 0. The third-order valence-electron chi connectivity index (χ3n) is 2.02. The highest BCUT2D eigenvalue weighted by Gasteiger charge is 2.33. The minimum absolute atomic E-state index is 0.0740. The largest absolute Gasteiger partial charge is 0.484 e. The predicted octanol–water partition coefficient (Wildman–Crippen LogP) is 1.99. The first-order chi connectivity index (χ1) is 5.93. The average molecular weight is 185 g/mol. The summed E-state index contributed by atoms with van der Waals surface area (Å²) in [5, 5.41) is 0. The molecular formula is C9H15NO3. The predicted molar refractivity (Wildman–Crippen MR) is 48.8 cm³/mol. The molecule has 4 nitrogen and oxygen atoms in total. The van der Waals surface area contributed by atoms with Gasteiger partial charge in [-0.2, -0.15) is 0 Å². The highest BCUT2D eigenvalue weighted by atomic mass is 16.6. The van der Waals surface area contributed by atoms with Gasteiger partial charge in [-0.05, 0) is 5.41 Å². The lowest BCUT2D eigenvalue weighted by atomic mass is 9.86. The molecule has 1 rings (SSSR count). The molecule has 0 fully saturated rings. The second-order valence-corrected chi connectivity index (χ2v) is 4.15. The van der Waals surface area contributed by atoms with E-state index in [0.717, 1.165) is 0 Å². The van der Waals surface area contributed by atoms with Gasteiger partial charge in [-0.15, -0.1) is 4.99 Å². The van der Waals surface area contributed by atoms with Crippen molar-refractivity contribution in [2.24, 2.45) is 10.4 Å². The minimum atomic E-state index is -0.553. The van der Waals surface area contributed by atoms with Crippen molar-refractivity contribution in [3.63, 3.8) is 0 Å². The normalized spacial score (nSPS) is 23.5. The number of hydrogen-bond acceptors (Lipinski definition) is 3. The topological polar surface area (TPSA) is 47.9 Å². The zero-order chi connectivity index (χ0) is 10.1. The van der Waals surface area contributed by atoms with Gasteiger partial charge in [0.2, 0.25) is 0 Å². The second-order valence-electron chi connectivity index (χ2n) is 4.15. The number of rotatable bonds is 0. The fourth-order valence-electron chi connectivity index (χ4n) is 1.11. The first kappa shape index (κ1) is 10.0. The van der Waals surface area contributed by atoms with E-state index >= 15 is 0 Å². The Balaban J connectivity index is 2.75. The summed E-state index contributed by atoms with van der Waals surface area (Å²) in [5.74, 6) is 0.455. The number of carbonyl (C=O) groups excluding carboxylic acids is 1. The molecule has 0 aromatic carbocycles. The third kappa shape index (κ3) is 2.44. The Hall–Kier alpha value is -1.06. The van der Waals surface area contributed by atoms with Gasteiger partial charge >= 0.3 is 6.09 Å². The molecule has 0 aliphatic carbocycles. The Morgan fingerprint density at radius 1 is 1.54 bits per heavy atom. The van der Waals surface area contributed by atoms with Crippen LogP contribution in [0.2, 0.25) is 0 Å². The fourth-order valence-corrected chi connectivity index (χ4v) is 1.11. The van der Waals surface area contributed by atoms with E-state index in [2.05, 4.69) is 4.99 Å². The quantitative estimate of drug-likeness (QED) is 0.579. The smallest absolute Gasteiger partial charge is 0.436 e. The summed E-state index contributed by atoms with van der Waals surface area (Å²) < 4.78 is 10.0. The molecule has 0 aromatic heterocycles. The lowest BCUT2D eigenvalue weighted by molar-refractivity contribution is 0.0322. The van der Waals surface area contributed by atoms with Crippen molar-refractivity contribution in [1.29, 1.82) is 0 Å². The van der Waals surface area contributed by atoms with Crippen LogP contribution in [-0.2, 0) is 9.47 Å². The molecule has 0 bridgehead atoms. The van der Waals surface area contributed by atoms with E-state index < -0.39 is 6.09 Å². The van der Waals surface area contributed by atoms with Crippen molar-refractivity contribution in [2.75, 3.05) is 7.11 Å². The van der Waals surface area contributed by atoms with Gasteiger partial charge in [0.15, 0.2) is 5.90 Å². The van der Waals surface area contributed by atoms with Gasteiger partial charge in [0.1, 0.15) is 6.10 Å². The zero-order valence-corrected chi connectivity index (χ0v) is 8.46. The van der Waals surface area contributed by atoms with Gasteiger partial charge < -0.3 is 9.47 Å². The second kappa shape index (κ2) is 3.36. The maximum Gasteiger partial charge on any atom is 0.436 e. The summed E-state index contributed by atoms with van der Waals surface area (Å²) in [5.41, 5.74) is -0.0740. The maximum absolute atomic E-state index is 11.0. The Bertz CT molecular complexity index is 240.